The van der Waals surface area contributed by atoms with Crippen LogP contribution in [-0.4, -0.2) is 45.6 Å². The first kappa shape index (κ1) is 29.0. The van der Waals surface area contributed by atoms with Crippen molar-refractivity contribution in [3.63, 3.8) is 0 Å². The quantitative estimate of drug-likeness (QED) is 0.0971. The molecule has 13 heteroatoms. The zero-order valence-corrected chi connectivity index (χ0v) is 24.3. The van der Waals surface area contributed by atoms with Gasteiger partial charge >= 0.3 is 0 Å². The van der Waals surface area contributed by atoms with Crippen LogP contribution in [0.2, 0.25) is 0 Å². The number of ether oxygens (including phenoxy) is 3. The van der Waals surface area contributed by atoms with E-state index in [-0.39, 0.29) is 22.3 Å². The summed E-state index contributed by atoms with van der Waals surface area (Å²) >= 11 is 5.35. The molecule has 0 aliphatic carbocycles. The summed E-state index contributed by atoms with van der Waals surface area (Å²) in [7, 11) is 2.98. The van der Waals surface area contributed by atoms with Gasteiger partial charge in [0.1, 0.15) is 29.0 Å². The van der Waals surface area contributed by atoms with Crippen LogP contribution in [-0.2, 0) is 9.59 Å². The zero-order chi connectivity index (χ0) is 30.8. The Labute approximate surface area is 251 Å². The highest BCUT2D eigenvalue weighted by molar-refractivity contribution is 7.80. The number of aromatic nitrogens is 2. The minimum atomic E-state index is -0.607. The SMILES string of the molecule is COc1ccc(N2C(=O)/C(=C\c3cc(C)n(-c4ccc(Oc5ccc([N+](=O)[O-])cn5)cc4)c3C)C(=O)NC2=S)c(OC)c1. The van der Waals surface area contributed by atoms with Crippen molar-refractivity contribution in [2.75, 3.05) is 19.1 Å². The molecule has 0 atom stereocenters. The van der Waals surface area contributed by atoms with E-state index in [1.807, 2.05) is 36.6 Å². The molecular formula is C30H25N5O7S. The number of hydrogen-bond donors (Lipinski definition) is 1. The lowest BCUT2D eigenvalue weighted by molar-refractivity contribution is -0.385. The summed E-state index contributed by atoms with van der Waals surface area (Å²) < 4.78 is 18.4. The molecule has 2 amide bonds. The van der Waals surface area contributed by atoms with Gasteiger partial charge in [-0.3, -0.25) is 25.0 Å². The maximum Gasteiger partial charge on any atom is 0.287 e. The van der Waals surface area contributed by atoms with Crippen LogP contribution in [0.25, 0.3) is 11.8 Å². The van der Waals surface area contributed by atoms with Crippen molar-refractivity contribution in [1.29, 1.82) is 0 Å². The highest BCUT2D eigenvalue weighted by Gasteiger charge is 2.36. The van der Waals surface area contributed by atoms with E-state index >= 15 is 0 Å². The number of nitro groups is 1. The van der Waals surface area contributed by atoms with Gasteiger partial charge in [-0.2, -0.15) is 0 Å². The third kappa shape index (κ3) is 5.65. The molecule has 218 valence electrons. The summed E-state index contributed by atoms with van der Waals surface area (Å²) in [5.74, 6) is 0.390. The Bertz CT molecular complexity index is 1800. The van der Waals surface area contributed by atoms with Gasteiger partial charge in [0.2, 0.25) is 5.88 Å². The Kier molecular flexibility index (Phi) is 7.90. The summed E-state index contributed by atoms with van der Waals surface area (Å²) in [4.78, 5) is 42.1. The number of benzene rings is 2. The van der Waals surface area contributed by atoms with E-state index in [0.717, 1.165) is 23.3 Å². The Morgan fingerprint density at radius 2 is 1.70 bits per heavy atom. The van der Waals surface area contributed by atoms with Crippen LogP contribution in [0.4, 0.5) is 11.4 Å². The normalized spacial score (nSPS) is 14.1. The molecule has 2 aromatic heterocycles. The number of aryl methyl sites for hydroxylation is 1. The van der Waals surface area contributed by atoms with Crippen LogP contribution >= 0.6 is 12.2 Å². The van der Waals surface area contributed by atoms with Gasteiger partial charge in [-0.15, -0.1) is 0 Å². The van der Waals surface area contributed by atoms with Gasteiger partial charge in [-0.1, -0.05) is 0 Å². The standard InChI is InChI=1S/C30H25N5O7S/c1-17-13-19(14-24-28(36)32-30(43)34(29(24)37)25-11-10-23(40-3)15-26(25)41-4)18(2)33(17)20-5-8-22(9-6-20)42-27-12-7-21(16-31-27)35(38)39/h5-16H,1-4H3,(H,32,36,43)/b24-14-. The van der Waals surface area contributed by atoms with Crippen LogP contribution in [0.5, 0.6) is 23.1 Å². The van der Waals surface area contributed by atoms with Gasteiger partial charge in [-0.05, 0) is 80.2 Å². The first-order valence-electron chi connectivity index (χ1n) is 12.8. The number of methoxy groups -OCH3 is 2. The smallest absolute Gasteiger partial charge is 0.287 e. The highest BCUT2D eigenvalue weighted by atomic mass is 32.1. The Hall–Kier alpha value is -5.56. The summed E-state index contributed by atoms with van der Waals surface area (Å²) in [6.45, 7) is 3.79. The first-order chi connectivity index (χ1) is 20.6. The van der Waals surface area contributed by atoms with Crippen molar-refractivity contribution < 1.29 is 28.7 Å². The van der Waals surface area contributed by atoms with Crippen LogP contribution in [0.3, 0.4) is 0 Å². The van der Waals surface area contributed by atoms with Crippen molar-refractivity contribution >= 4 is 46.6 Å². The van der Waals surface area contributed by atoms with Crippen molar-refractivity contribution in [3.05, 3.63) is 99.5 Å². The van der Waals surface area contributed by atoms with Crippen molar-refractivity contribution in [3.8, 4) is 28.8 Å². The molecule has 0 bridgehead atoms. The fraction of sp³-hybridized carbons (Fsp3) is 0.133. The van der Waals surface area contributed by atoms with Crippen molar-refractivity contribution in [2.45, 2.75) is 13.8 Å². The number of carbonyl (C=O) groups excluding carboxylic acids is 2. The Morgan fingerprint density at radius 3 is 2.33 bits per heavy atom. The fourth-order valence-electron chi connectivity index (χ4n) is 4.66. The Morgan fingerprint density at radius 1 is 0.977 bits per heavy atom. The van der Waals surface area contributed by atoms with Gasteiger partial charge < -0.3 is 18.8 Å². The van der Waals surface area contributed by atoms with Crippen LogP contribution < -0.4 is 24.4 Å². The van der Waals surface area contributed by atoms with E-state index < -0.39 is 16.7 Å². The minimum absolute atomic E-state index is 0.0627. The molecule has 0 spiro atoms. The molecule has 0 unspecified atom stereocenters. The molecule has 0 saturated carbocycles. The Balaban J connectivity index is 1.42. The van der Waals surface area contributed by atoms with Gasteiger partial charge in [0.15, 0.2) is 5.11 Å². The van der Waals surface area contributed by atoms with E-state index in [1.54, 1.807) is 36.4 Å². The molecule has 5 rings (SSSR count). The molecule has 12 nitrogen and oxygen atoms in total. The monoisotopic (exact) mass is 599 g/mol. The summed E-state index contributed by atoms with van der Waals surface area (Å²) in [5.41, 5.74) is 3.28. The lowest BCUT2D eigenvalue weighted by Gasteiger charge is -2.30. The average Bonchev–Trinajstić information content (AvgIpc) is 3.28. The van der Waals surface area contributed by atoms with Gasteiger partial charge in [-0.25, -0.2) is 9.88 Å². The van der Waals surface area contributed by atoms with E-state index in [4.69, 9.17) is 26.4 Å². The molecule has 1 aliphatic rings. The molecule has 3 heterocycles. The number of nitrogens with zero attached hydrogens (tertiary/aromatic N) is 4. The van der Waals surface area contributed by atoms with E-state index in [2.05, 4.69) is 10.3 Å². The molecule has 1 N–H and O–H groups in total. The number of hydrogen-bond acceptors (Lipinski definition) is 9. The van der Waals surface area contributed by atoms with Gasteiger partial charge in [0.05, 0.1) is 24.8 Å². The maximum atomic E-state index is 13.6. The summed E-state index contributed by atoms with van der Waals surface area (Å²) in [6, 6.07) is 16.7. The van der Waals surface area contributed by atoms with E-state index in [1.165, 1.54) is 31.3 Å². The number of thiocarbonyl (C=S) groups is 1. The molecule has 2 aromatic carbocycles. The number of pyridine rings is 1. The molecule has 43 heavy (non-hydrogen) atoms. The van der Waals surface area contributed by atoms with Crippen LogP contribution in [0.15, 0.2) is 72.4 Å². The largest absolute Gasteiger partial charge is 0.497 e. The van der Waals surface area contributed by atoms with Crippen LogP contribution in [0, 0.1) is 24.0 Å². The maximum absolute atomic E-state index is 13.6. The van der Waals surface area contributed by atoms with E-state index in [9.17, 15) is 19.7 Å². The first-order valence-corrected chi connectivity index (χ1v) is 13.2. The third-order valence-electron chi connectivity index (χ3n) is 6.75. The average molecular weight is 600 g/mol. The van der Waals surface area contributed by atoms with Crippen molar-refractivity contribution in [2.24, 2.45) is 0 Å². The third-order valence-corrected chi connectivity index (χ3v) is 7.03. The lowest BCUT2D eigenvalue weighted by Crippen LogP contribution is -2.54. The second kappa shape index (κ2) is 11.7. The predicted octanol–water partition coefficient (Wildman–Crippen LogP) is 5.04. The number of carbonyl (C=O) groups is 2. The number of amides is 2. The van der Waals surface area contributed by atoms with Gasteiger partial charge in [0, 0.05) is 35.3 Å². The fourth-order valence-corrected chi connectivity index (χ4v) is 4.93. The second-order valence-electron chi connectivity index (χ2n) is 9.37. The zero-order valence-electron chi connectivity index (χ0n) is 23.5. The molecule has 1 aliphatic heterocycles. The number of rotatable bonds is 8. The topological polar surface area (TPSA) is 138 Å². The molecule has 1 saturated heterocycles. The van der Waals surface area contributed by atoms with Crippen molar-refractivity contribution in [1.82, 2.24) is 14.9 Å². The summed E-state index contributed by atoms with van der Waals surface area (Å²) in [6.07, 6.45) is 2.67. The lowest BCUT2D eigenvalue weighted by atomic mass is 10.1. The summed E-state index contributed by atoms with van der Waals surface area (Å²) in [5, 5.41) is 13.4. The molecule has 0 radical (unpaired) electrons. The van der Waals surface area contributed by atoms with E-state index in [0.29, 0.717) is 28.5 Å². The highest BCUT2D eigenvalue weighted by Crippen LogP contribution is 2.35. The molecular weight excluding hydrogens is 574 g/mol. The molecule has 1 fully saturated rings. The minimum Gasteiger partial charge on any atom is -0.497 e. The number of nitrogens with one attached hydrogen (secondary N) is 1. The predicted molar refractivity (Wildman–Crippen MR) is 162 cm³/mol. The second-order valence-corrected chi connectivity index (χ2v) is 9.75. The number of anilines is 1. The van der Waals surface area contributed by atoms with Crippen LogP contribution in [0.1, 0.15) is 17.0 Å². The molecule has 4 aromatic rings. The van der Waals surface area contributed by atoms with Gasteiger partial charge in [0.25, 0.3) is 17.5 Å².